The van der Waals surface area contributed by atoms with E-state index in [-0.39, 0.29) is 10.7 Å². The third-order valence-electron chi connectivity index (χ3n) is 2.56. The molecule has 19 heavy (non-hydrogen) atoms. The lowest BCUT2D eigenvalue weighted by atomic mass is 9.80. The number of anilines is 1. The summed E-state index contributed by atoms with van der Waals surface area (Å²) in [5.74, 6) is -3.79. The van der Waals surface area contributed by atoms with E-state index in [1.807, 2.05) is 0 Å². The molecule has 0 aliphatic rings. The van der Waals surface area contributed by atoms with Gasteiger partial charge in [0.2, 0.25) is 5.91 Å². The number of carbonyl (C=O) groups is 2. The maximum atomic E-state index is 13.1. The summed E-state index contributed by atoms with van der Waals surface area (Å²) in [6.45, 7) is 4.91. The van der Waals surface area contributed by atoms with Crippen molar-refractivity contribution in [1.29, 1.82) is 0 Å². The normalized spacial score (nSPS) is 12.9. The minimum atomic E-state index is -1.26. The number of carboxylic acid groups (broad SMARTS) is 1. The Balaban J connectivity index is 3.01. The summed E-state index contributed by atoms with van der Waals surface area (Å²) >= 11 is 5.81. The molecule has 6 heteroatoms. The van der Waals surface area contributed by atoms with E-state index < -0.39 is 29.0 Å². The first-order chi connectivity index (χ1) is 8.62. The second kappa shape index (κ2) is 5.57. The molecule has 0 radical (unpaired) electrons. The number of aliphatic carboxylic acids is 1. The van der Waals surface area contributed by atoms with Gasteiger partial charge in [0, 0.05) is 0 Å². The Labute approximate surface area is 115 Å². The first-order valence-electron chi connectivity index (χ1n) is 5.61. The minimum Gasteiger partial charge on any atom is -0.481 e. The van der Waals surface area contributed by atoms with Gasteiger partial charge in [0.05, 0.1) is 10.7 Å². The fraction of sp³-hybridized carbons (Fsp3) is 0.385. The average Bonchev–Trinajstić information content (AvgIpc) is 2.20. The van der Waals surface area contributed by atoms with Gasteiger partial charge in [0.15, 0.2) is 0 Å². The van der Waals surface area contributed by atoms with Crippen LogP contribution in [0.15, 0.2) is 18.2 Å². The molecule has 1 aromatic rings. The van der Waals surface area contributed by atoms with Crippen LogP contribution in [-0.2, 0) is 9.59 Å². The summed E-state index contributed by atoms with van der Waals surface area (Å²) in [7, 11) is 0. The molecule has 2 N–H and O–H groups in total. The smallest absolute Gasteiger partial charge is 0.316 e. The third-order valence-corrected chi connectivity index (χ3v) is 2.89. The molecule has 0 aromatic heterocycles. The van der Waals surface area contributed by atoms with E-state index >= 15 is 0 Å². The molecule has 1 unspecified atom stereocenters. The van der Waals surface area contributed by atoms with Crippen LogP contribution in [0.4, 0.5) is 10.1 Å². The summed E-state index contributed by atoms with van der Waals surface area (Å²) in [5, 5.41) is 11.6. The quantitative estimate of drug-likeness (QED) is 0.839. The first-order valence-corrected chi connectivity index (χ1v) is 5.99. The van der Waals surface area contributed by atoms with E-state index in [2.05, 4.69) is 5.32 Å². The number of rotatable bonds is 3. The standard InChI is InChI=1S/C13H15ClFNO3/c1-13(2,3)10(12(18)19)11(17)16-9-6-7(15)4-5-8(9)14/h4-6,10H,1-3H3,(H,16,17)(H,18,19). The van der Waals surface area contributed by atoms with Gasteiger partial charge in [-0.1, -0.05) is 32.4 Å². The summed E-state index contributed by atoms with van der Waals surface area (Å²) in [6, 6.07) is 3.48. The second-order valence-electron chi connectivity index (χ2n) is 5.25. The van der Waals surface area contributed by atoms with Crippen molar-refractivity contribution in [2.24, 2.45) is 11.3 Å². The van der Waals surface area contributed by atoms with Gasteiger partial charge in [-0.05, 0) is 23.6 Å². The lowest BCUT2D eigenvalue weighted by molar-refractivity contribution is -0.149. The summed E-state index contributed by atoms with van der Waals surface area (Å²) < 4.78 is 13.1. The van der Waals surface area contributed by atoms with Gasteiger partial charge < -0.3 is 10.4 Å². The van der Waals surface area contributed by atoms with Crippen LogP contribution < -0.4 is 5.32 Å². The second-order valence-corrected chi connectivity index (χ2v) is 5.66. The summed E-state index contributed by atoms with van der Waals surface area (Å²) in [4.78, 5) is 23.2. The van der Waals surface area contributed by atoms with E-state index in [1.54, 1.807) is 20.8 Å². The monoisotopic (exact) mass is 287 g/mol. The molecule has 0 aliphatic heterocycles. The zero-order valence-corrected chi connectivity index (χ0v) is 11.6. The Kier molecular flexibility index (Phi) is 4.52. The molecule has 0 aliphatic carbocycles. The highest BCUT2D eigenvalue weighted by Crippen LogP contribution is 2.29. The zero-order chi connectivity index (χ0) is 14.8. The Hall–Kier alpha value is -1.62. The highest BCUT2D eigenvalue weighted by Gasteiger charge is 2.37. The predicted molar refractivity (Wildman–Crippen MR) is 70.6 cm³/mol. The van der Waals surface area contributed by atoms with E-state index in [9.17, 15) is 14.0 Å². The molecule has 0 fully saturated rings. The number of amides is 1. The summed E-state index contributed by atoms with van der Waals surface area (Å²) in [6.07, 6.45) is 0. The molecule has 1 amide bonds. The third kappa shape index (κ3) is 3.92. The highest BCUT2D eigenvalue weighted by atomic mass is 35.5. The van der Waals surface area contributed by atoms with Crippen LogP contribution in [0, 0.1) is 17.2 Å². The Morgan fingerprint density at radius 3 is 2.42 bits per heavy atom. The van der Waals surface area contributed by atoms with Gasteiger partial charge in [-0.15, -0.1) is 0 Å². The summed E-state index contributed by atoms with van der Waals surface area (Å²) in [5.41, 5.74) is -0.711. The van der Waals surface area contributed by atoms with E-state index in [0.717, 1.165) is 12.1 Å². The highest BCUT2D eigenvalue weighted by molar-refractivity contribution is 6.33. The van der Waals surface area contributed by atoms with Crippen LogP contribution in [0.1, 0.15) is 20.8 Å². The number of halogens is 2. The first kappa shape index (κ1) is 15.4. The molecule has 0 bridgehead atoms. The van der Waals surface area contributed by atoms with Gasteiger partial charge in [0.25, 0.3) is 0 Å². The largest absolute Gasteiger partial charge is 0.481 e. The van der Waals surface area contributed by atoms with Crippen molar-refractivity contribution in [3.63, 3.8) is 0 Å². The molecule has 1 rings (SSSR count). The van der Waals surface area contributed by atoms with Gasteiger partial charge >= 0.3 is 5.97 Å². The van der Waals surface area contributed by atoms with Crippen molar-refractivity contribution < 1.29 is 19.1 Å². The van der Waals surface area contributed by atoms with Gasteiger partial charge in [-0.25, -0.2) is 4.39 Å². The van der Waals surface area contributed by atoms with Gasteiger partial charge in [-0.2, -0.15) is 0 Å². The predicted octanol–water partition coefficient (Wildman–Crippen LogP) is 3.16. The Morgan fingerprint density at radius 2 is 1.95 bits per heavy atom. The number of carboxylic acids is 1. The molecule has 0 saturated carbocycles. The van der Waals surface area contributed by atoms with Crippen LogP contribution in [-0.4, -0.2) is 17.0 Å². The average molecular weight is 288 g/mol. The van der Waals surface area contributed by atoms with Crippen LogP contribution in [0.25, 0.3) is 0 Å². The molecule has 0 spiro atoms. The van der Waals surface area contributed by atoms with Crippen LogP contribution in [0.5, 0.6) is 0 Å². The maximum absolute atomic E-state index is 13.1. The van der Waals surface area contributed by atoms with Crippen molar-refractivity contribution in [3.05, 3.63) is 29.0 Å². The van der Waals surface area contributed by atoms with Crippen molar-refractivity contribution >= 4 is 29.2 Å². The molecule has 0 saturated heterocycles. The molecule has 0 heterocycles. The van der Waals surface area contributed by atoms with E-state index in [4.69, 9.17) is 16.7 Å². The topological polar surface area (TPSA) is 66.4 Å². The minimum absolute atomic E-state index is 0.0576. The zero-order valence-electron chi connectivity index (χ0n) is 10.8. The van der Waals surface area contributed by atoms with E-state index in [0.29, 0.717) is 0 Å². The molecule has 1 atom stereocenters. The fourth-order valence-electron chi connectivity index (χ4n) is 1.67. The lowest BCUT2D eigenvalue weighted by Gasteiger charge is -2.26. The van der Waals surface area contributed by atoms with Crippen LogP contribution >= 0.6 is 11.6 Å². The maximum Gasteiger partial charge on any atom is 0.316 e. The molecule has 1 aromatic carbocycles. The molecule has 104 valence electrons. The van der Waals surface area contributed by atoms with Crippen LogP contribution in [0.2, 0.25) is 5.02 Å². The number of hydrogen-bond acceptors (Lipinski definition) is 2. The number of nitrogens with one attached hydrogen (secondary N) is 1. The van der Waals surface area contributed by atoms with Crippen LogP contribution in [0.3, 0.4) is 0 Å². The molecular weight excluding hydrogens is 273 g/mol. The lowest BCUT2D eigenvalue weighted by Crippen LogP contribution is -2.39. The van der Waals surface area contributed by atoms with Crippen molar-refractivity contribution in [2.75, 3.05) is 5.32 Å². The Morgan fingerprint density at radius 1 is 1.37 bits per heavy atom. The van der Waals surface area contributed by atoms with Crippen molar-refractivity contribution in [1.82, 2.24) is 0 Å². The number of carbonyl (C=O) groups excluding carboxylic acids is 1. The van der Waals surface area contributed by atoms with Gasteiger partial charge in [0.1, 0.15) is 11.7 Å². The van der Waals surface area contributed by atoms with Crippen molar-refractivity contribution in [3.8, 4) is 0 Å². The SMILES string of the molecule is CC(C)(C)C(C(=O)O)C(=O)Nc1cc(F)ccc1Cl. The number of hydrogen-bond donors (Lipinski definition) is 2. The van der Waals surface area contributed by atoms with Gasteiger partial charge in [-0.3, -0.25) is 9.59 Å². The number of benzene rings is 1. The fourth-order valence-corrected chi connectivity index (χ4v) is 1.84. The Bertz CT molecular complexity index is 511. The molecular formula is C13H15ClFNO3. The molecule has 4 nitrogen and oxygen atoms in total. The van der Waals surface area contributed by atoms with Crippen molar-refractivity contribution in [2.45, 2.75) is 20.8 Å². The van der Waals surface area contributed by atoms with E-state index in [1.165, 1.54) is 6.07 Å².